The third-order valence-electron chi connectivity index (χ3n) is 5.21. The van der Waals surface area contributed by atoms with Gasteiger partial charge in [0.25, 0.3) is 0 Å². The van der Waals surface area contributed by atoms with Gasteiger partial charge in [-0.05, 0) is 47.9 Å². The van der Waals surface area contributed by atoms with E-state index in [9.17, 15) is 14.3 Å². The van der Waals surface area contributed by atoms with Gasteiger partial charge in [0.15, 0.2) is 11.5 Å². The highest BCUT2D eigenvalue weighted by Gasteiger charge is 2.42. The van der Waals surface area contributed by atoms with Gasteiger partial charge in [-0.2, -0.15) is 0 Å². The van der Waals surface area contributed by atoms with Crippen molar-refractivity contribution in [1.29, 1.82) is 0 Å². The third kappa shape index (κ3) is 3.13. The monoisotopic (exact) mass is 410 g/mol. The van der Waals surface area contributed by atoms with Gasteiger partial charge in [0, 0.05) is 30.2 Å². The van der Waals surface area contributed by atoms with Crippen molar-refractivity contribution >= 4 is 17.9 Å². The van der Waals surface area contributed by atoms with Crippen molar-refractivity contribution in [2.75, 3.05) is 18.2 Å². The Hall–Kier alpha value is -3.59. The molecule has 3 aliphatic rings. The predicted molar refractivity (Wildman–Crippen MR) is 102 cm³/mol. The zero-order valence-electron chi connectivity index (χ0n) is 15.8. The molecule has 0 spiro atoms. The highest BCUT2D eigenvalue weighted by molar-refractivity contribution is 6.07. The summed E-state index contributed by atoms with van der Waals surface area (Å²) in [6.45, 7) is 0.842. The Bertz CT molecular complexity index is 1090. The Kier molecular flexibility index (Phi) is 4.32. The fourth-order valence-corrected chi connectivity index (χ4v) is 3.72. The lowest BCUT2D eigenvalue weighted by atomic mass is 10.1. The number of rotatable bonds is 5. The molecule has 9 heteroatoms. The molecule has 0 saturated carbocycles. The first-order chi connectivity index (χ1) is 14.5. The molecule has 3 aliphatic heterocycles. The van der Waals surface area contributed by atoms with Gasteiger partial charge in [-0.1, -0.05) is 6.07 Å². The zero-order chi connectivity index (χ0) is 20.7. The van der Waals surface area contributed by atoms with Crippen molar-refractivity contribution in [1.82, 2.24) is 5.32 Å². The average Bonchev–Trinajstić information content (AvgIpc) is 3.38. The van der Waals surface area contributed by atoms with E-state index in [-0.39, 0.29) is 24.8 Å². The number of carbonyl (C=O) groups is 1. The molecular weight excluding hydrogens is 393 g/mol. The second kappa shape index (κ2) is 7.03. The van der Waals surface area contributed by atoms with Gasteiger partial charge in [-0.15, -0.1) is 0 Å². The van der Waals surface area contributed by atoms with E-state index in [0.29, 0.717) is 24.5 Å². The summed E-state index contributed by atoms with van der Waals surface area (Å²) in [7, 11) is 0. The number of hydrogen-bond donors (Lipinski definition) is 1. The number of carboxylic acids is 1. The molecule has 1 N–H and O–H groups in total. The van der Waals surface area contributed by atoms with Gasteiger partial charge in [0.1, 0.15) is 5.82 Å². The third-order valence-corrected chi connectivity index (χ3v) is 5.21. The van der Waals surface area contributed by atoms with Crippen molar-refractivity contribution in [2.45, 2.75) is 19.0 Å². The minimum Gasteiger partial charge on any atom is -0.545 e. The Morgan fingerprint density at radius 2 is 2.13 bits per heavy atom. The highest BCUT2D eigenvalue weighted by atomic mass is 19.1. The van der Waals surface area contributed by atoms with E-state index in [2.05, 4.69) is 10.3 Å². The molecule has 0 bridgehead atoms. The average molecular weight is 410 g/mol. The first kappa shape index (κ1) is 18.4. The fraction of sp³-hybridized carbons (Fsp3) is 0.238. The summed E-state index contributed by atoms with van der Waals surface area (Å²) >= 11 is 0. The van der Waals surface area contributed by atoms with Crippen LogP contribution in [-0.2, 0) is 22.6 Å². The number of ether oxygens (including phenoxy) is 3. The minimum atomic E-state index is -1.39. The van der Waals surface area contributed by atoms with Gasteiger partial charge >= 0.3 is 5.97 Å². The maximum absolute atomic E-state index is 13.6. The number of benzene rings is 2. The van der Waals surface area contributed by atoms with E-state index in [1.807, 2.05) is 17.0 Å². The van der Waals surface area contributed by atoms with Gasteiger partial charge < -0.3 is 34.3 Å². The first-order valence-electron chi connectivity index (χ1n) is 9.37. The molecule has 154 valence electrons. The van der Waals surface area contributed by atoms with Crippen molar-refractivity contribution in [3.05, 3.63) is 65.1 Å². The minimum absolute atomic E-state index is 0.101. The maximum Gasteiger partial charge on any atom is 0.325 e. The number of fused-ring (bicyclic) bond motifs is 2. The standard InChI is InChI=1S/C21H18FN3O5/c22-16-2-3-17-14(8-16)5-6-25(17)21(23-9-15(10-24-21)20(26)27)30-11-13-1-4-18-19(7-13)29-12-28-18/h1-4,7-10,23H,5-6,11-12H2,(H,26,27)/p-1. The van der Waals surface area contributed by atoms with Gasteiger partial charge in [0.05, 0.1) is 12.6 Å². The molecule has 1 atom stereocenters. The summed E-state index contributed by atoms with van der Waals surface area (Å²) in [5.74, 6) is -1.76. The number of anilines is 1. The molecule has 30 heavy (non-hydrogen) atoms. The van der Waals surface area contributed by atoms with E-state index in [1.54, 1.807) is 12.1 Å². The Morgan fingerprint density at radius 1 is 1.27 bits per heavy atom. The maximum atomic E-state index is 13.6. The van der Waals surface area contributed by atoms with Crippen molar-refractivity contribution in [2.24, 2.45) is 4.99 Å². The molecule has 0 saturated heterocycles. The Labute approximate surface area is 171 Å². The van der Waals surface area contributed by atoms with Crippen LogP contribution in [-0.4, -0.2) is 31.5 Å². The number of aliphatic carboxylic acids is 1. The van der Waals surface area contributed by atoms with Gasteiger partial charge in [-0.25, -0.2) is 9.38 Å². The Morgan fingerprint density at radius 3 is 2.93 bits per heavy atom. The largest absolute Gasteiger partial charge is 0.545 e. The van der Waals surface area contributed by atoms with Crippen LogP contribution >= 0.6 is 0 Å². The Balaban J connectivity index is 1.45. The van der Waals surface area contributed by atoms with Crippen LogP contribution in [0, 0.1) is 5.82 Å². The van der Waals surface area contributed by atoms with E-state index < -0.39 is 11.9 Å². The van der Waals surface area contributed by atoms with Crippen LogP contribution < -0.4 is 24.8 Å². The molecule has 1 unspecified atom stereocenters. The van der Waals surface area contributed by atoms with Crippen molar-refractivity contribution in [3.8, 4) is 11.5 Å². The number of hydrogen-bond acceptors (Lipinski definition) is 8. The first-order valence-corrected chi connectivity index (χ1v) is 9.37. The lowest BCUT2D eigenvalue weighted by molar-refractivity contribution is -0.298. The fourth-order valence-electron chi connectivity index (χ4n) is 3.72. The van der Waals surface area contributed by atoms with Crippen molar-refractivity contribution < 1.29 is 28.5 Å². The summed E-state index contributed by atoms with van der Waals surface area (Å²) in [5.41, 5.74) is 2.31. The molecule has 0 fully saturated rings. The number of aliphatic imine (C=N–C) groups is 1. The van der Waals surface area contributed by atoms with Gasteiger partial charge in [-0.3, -0.25) is 0 Å². The number of carbonyl (C=O) groups excluding carboxylic acids is 1. The predicted octanol–water partition coefficient (Wildman–Crippen LogP) is 1.05. The van der Waals surface area contributed by atoms with E-state index in [1.165, 1.54) is 24.5 Å². The quantitative estimate of drug-likeness (QED) is 0.787. The normalized spacial score (nSPS) is 21.2. The van der Waals surface area contributed by atoms with Crippen LogP contribution in [0.2, 0.25) is 0 Å². The summed E-state index contributed by atoms with van der Waals surface area (Å²) in [4.78, 5) is 17.4. The van der Waals surface area contributed by atoms with Crippen LogP contribution in [0.1, 0.15) is 11.1 Å². The van der Waals surface area contributed by atoms with Gasteiger partial charge in [0.2, 0.25) is 6.79 Å². The summed E-state index contributed by atoms with van der Waals surface area (Å²) < 4.78 is 30.6. The highest BCUT2D eigenvalue weighted by Crippen LogP contribution is 2.37. The summed E-state index contributed by atoms with van der Waals surface area (Å²) in [5, 5.41) is 14.1. The number of nitrogens with zero attached hydrogens (tertiary/aromatic N) is 2. The van der Waals surface area contributed by atoms with E-state index in [4.69, 9.17) is 14.2 Å². The lowest BCUT2D eigenvalue weighted by Gasteiger charge is -2.41. The second-order valence-corrected chi connectivity index (χ2v) is 7.05. The molecule has 0 amide bonds. The van der Waals surface area contributed by atoms with Crippen LogP contribution in [0.25, 0.3) is 0 Å². The molecule has 0 radical (unpaired) electrons. The smallest absolute Gasteiger partial charge is 0.325 e. The molecule has 8 nitrogen and oxygen atoms in total. The number of halogens is 1. The molecule has 2 aromatic rings. The van der Waals surface area contributed by atoms with E-state index >= 15 is 0 Å². The summed E-state index contributed by atoms with van der Waals surface area (Å²) in [6.07, 6.45) is 3.10. The molecule has 0 aromatic heterocycles. The summed E-state index contributed by atoms with van der Waals surface area (Å²) in [6, 6.07) is 9.99. The lowest BCUT2D eigenvalue weighted by Crippen LogP contribution is -2.59. The molecule has 2 aromatic carbocycles. The van der Waals surface area contributed by atoms with Crippen LogP contribution in [0.4, 0.5) is 10.1 Å². The molecule has 3 heterocycles. The zero-order valence-corrected chi connectivity index (χ0v) is 15.8. The van der Waals surface area contributed by atoms with Crippen LogP contribution in [0.3, 0.4) is 0 Å². The van der Waals surface area contributed by atoms with E-state index in [0.717, 1.165) is 16.8 Å². The SMILES string of the molecule is O=C([O-])C1=CNC(OCc2ccc3c(c2)OCO3)(N2CCc3cc(F)ccc32)N=C1. The number of carboxylic acid groups (broad SMARTS) is 1. The van der Waals surface area contributed by atoms with Crippen molar-refractivity contribution in [3.63, 3.8) is 0 Å². The topological polar surface area (TPSA) is 95.5 Å². The number of nitrogens with one attached hydrogen (secondary N) is 1. The molecular formula is C21H17FN3O5-. The molecule has 5 rings (SSSR count). The van der Waals surface area contributed by atoms with Crippen LogP contribution in [0.5, 0.6) is 11.5 Å². The molecule has 0 aliphatic carbocycles. The van der Waals surface area contributed by atoms with Crippen LogP contribution in [0.15, 0.2) is 53.2 Å². The second-order valence-electron chi connectivity index (χ2n) is 7.05.